The summed E-state index contributed by atoms with van der Waals surface area (Å²) < 4.78 is 4.98. The van der Waals surface area contributed by atoms with E-state index in [4.69, 9.17) is 0 Å². The van der Waals surface area contributed by atoms with Gasteiger partial charge in [-0.15, -0.1) is 0 Å². The number of hydrogen-bond acceptors (Lipinski definition) is 2. The first kappa shape index (κ1) is 36.5. The molecule has 306 valence electrons. The van der Waals surface area contributed by atoms with Crippen molar-refractivity contribution in [3.63, 3.8) is 0 Å². The number of nitrogens with zero attached hydrogens (tertiary/aromatic N) is 4. The van der Waals surface area contributed by atoms with E-state index in [9.17, 15) is 0 Å². The number of para-hydroxylation sites is 5. The van der Waals surface area contributed by atoms with Gasteiger partial charge in [0.25, 0.3) is 6.71 Å². The van der Waals surface area contributed by atoms with Gasteiger partial charge in [-0.2, -0.15) is 0 Å². The third-order valence-corrected chi connectivity index (χ3v) is 14.5. The number of rotatable bonds is 5. The van der Waals surface area contributed by atoms with Gasteiger partial charge in [0.05, 0.1) is 33.8 Å². The van der Waals surface area contributed by atoms with E-state index in [0.717, 1.165) is 18.5 Å². The topological polar surface area (TPSA) is 16.3 Å². The number of benzene rings is 8. The van der Waals surface area contributed by atoms with Crippen molar-refractivity contribution in [2.75, 3.05) is 9.80 Å². The predicted molar refractivity (Wildman–Crippen MR) is 274 cm³/mol. The van der Waals surface area contributed by atoms with E-state index >= 15 is 0 Å². The lowest BCUT2D eigenvalue weighted by Gasteiger charge is -2.48. The molecule has 2 aliphatic carbocycles. The highest BCUT2D eigenvalue weighted by atomic mass is 15.2. The molecule has 0 radical (unpaired) electrons. The fraction of sp³-hybridized carbons (Fsp3) is 0.0667. The quantitative estimate of drug-likeness (QED) is 0.161. The van der Waals surface area contributed by atoms with Crippen LogP contribution in [0.4, 0.5) is 22.7 Å². The van der Waals surface area contributed by atoms with Crippen molar-refractivity contribution in [1.29, 1.82) is 0 Å². The molecule has 2 aliphatic heterocycles. The lowest BCUT2D eigenvalue weighted by atomic mass is 9.32. The number of allylic oxidation sites excluding steroid dienone is 6. The van der Waals surface area contributed by atoms with Crippen LogP contribution in [-0.2, 0) is 0 Å². The van der Waals surface area contributed by atoms with Gasteiger partial charge in [0.2, 0.25) is 0 Å². The highest BCUT2D eigenvalue weighted by Gasteiger charge is 2.46. The summed E-state index contributed by atoms with van der Waals surface area (Å²) in [6.07, 6.45) is 15.9. The first-order valence-corrected chi connectivity index (χ1v) is 23.0. The second-order valence-electron chi connectivity index (χ2n) is 18.0. The smallest absolute Gasteiger partial charge is 0.251 e. The summed E-state index contributed by atoms with van der Waals surface area (Å²) in [5.41, 5.74) is 18.9. The zero-order chi connectivity index (χ0) is 42.6. The van der Waals surface area contributed by atoms with Gasteiger partial charge < -0.3 is 18.9 Å². The largest absolute Gasteiger partial charge is 0.335 e. The Balaban J connectivity index is 1.09. The van der Waals surface area contributed by atoms with E-state index < -0.39 is 0 Å². The summed E-state index contributed by atoms with van der Waals surface area (Å²) >= 11 is 0. The van der Waals surface area contributed by atoms with E-state index in [-0.39, 0.29) is 18.7 Å². The van der Waals surface area contributed by atoms with E-state index in [2.05, 4.69) is 243 Å². The fourth-order valence-electron chi connectivity index (χ4n) is 11.8. The van der Waals surface area contributed by atoms with Crippen molar-refractivity contribution in [3.05, 3.63) is 241 Å². The summed E-state index contributed by atoms with van der Waals surface area (Å²) in [7, 11) is 0. The SMILES string of the molecule is C1=CCC(N2c3cc(-n4c5ccccc5c5ccccc54)ccc3B3C4=C(CC(c5ccccc5)C=C4)N(c4ccccc4)c4cc(-n5c6ccccc6c6ccccc65)cc2c43)C=C1. The van der Waals surface area contributed by atoms with Crippen LogP contribution in [0.3, 0.4) is 0 Å². The molecule has 2 atom stereocenters. The van der Waals surface area contributed by atoms with Crippen LogP contribution in [-0.4, -0.2) is 21.9 Å². The molecule has 0 N–H and O–H groups in total. The molecule has 4 aliphatic rings. The Morgan fingerprint density at radius 3 is 1.63 bits per heavy atom. The van der Waals surface area contributed by atoms with Crippen molar-refractivity contribution in [2.24, 2.45) is 0 Å². The molecule has 0 fully saturated rings. The van der Waals surface area contributed by atoms with Gasteiger partial charge in [0, 0.05) is 61.6 Å². The molecule has 0 amide bonds. The number of aromatic nitrogens is 2. The summed E-state index contributed by atoms with van der Waals surface area (Å²) in [6.45, 7) is 0.0247. The second kappa shape index (κ2) is 14.3. The van der Waals surface area contributed by atoms with Crippen molar-refractivity contribution >= 4 is 84.0 Å². The molecule has 10 aromatic rings. The number of hydrogen-bond donors (Lipinski definition) is 0. The van der Waals surface area contributed by atoms with Crippen LogP contribution in [0.5, 0.6) is 0 Å². The molecule has 2 aromatic heterocycles. The molecule has 65 heavy (non-hydrogen) atoms. The van der Waals surface area contributed by atoms with Gasteiger partial charge in [-0.3, -0.25) is 0 Å². The zero-order valence-electron chi connectivity index (χ0n) is 35.8. The minimum absolute atomic E-state index is 0.0247. The zero-order valence-corrected chi connectivity index (χ0v) is 35.8. The minimum Gasteiger partial charge on any atom is -0.335 e. The van der Waals surface area contributed by atoms with Crippen molar-refractivity contribution < 1.29 is 0 Å². The van der Waals surface area contributed by atoms with Crippen molar-refractivity contribution in [1.82, 2.24) is 9.13 Å². The lowest BCUT2D eigenvalue weighted by Crippen LogP contribution is -2.58. The molecule has 5 heteroatoms. The summed E-state index contributed by atoms with van der Waals surface area (Å²) in [4.78, 5) is 5.31. The maximum Gasteiger partial charge on any atom is 0.251 e. The molecular formula is C60H43BN4. The molecule has 0 bridgehead atoms. The van der Waals surface area contributed by atoms with E-state index in [1.807, 2.05) is 0 Å². The third kappa shape index (κ3) is 5.39. The molecule has 4 nitrogen and oxygen atoms in total. The Morgan fingerprint density at radius 1 is 0.462 bits per heavy atom. The minimum atomic E-state index is 0.0247. The highest BCUT2D eigenvalue weighted by Crippen LogP contribution is 2.49. The van der Waals surface area contributed by atoms with Crippen LogP contribution in [0.2, 0.25) is 0 Å². The van der Waals surface area contributed by atoms with E-state index in [1.54, 1.807) is 0 Å². The first-order chi connectivity index (χ1) is 32.3. The number of fused-ring (bicyclic) bond motifs is 9. The normalized spacial score (nSPS) is 17.4. The third-order valence-electron chi connectivity index (χ3n) is 14.5. The summed E-state index contributed by atoms with van der Waals surface area (Å²) in [6, 6.07) is 70.2. The van der Waals surface area contributed by atoms with Crippen LogP contribution in [0.25, 0.3) is 55.0 Å². The standard InChI is InChI=1S/C60H43BN4/c1-4-18-40(19-5-1)41-32-34-50-56(36-41)62(42-20-6-2-7-21-42)58-38-45(65-54-30-16-12-26-48(54)49-27-13-17-31-55(49)65)39-59-60(58)61(50)51-35-33-44(37-57(51)63(59)43-22-8-3-9-23-43)64-52-28-14-10-24-46(52)47-25-11-15-29-53(47)64/h1-22,24-35,37-39,41,43H,23,36H2. The van der Waals surface area contributed by atoms with Gasteiger partial charge >= 0.3 is 0 Å². The Kier molecular flexibility index (Phi) is 7.99. The molecule has 8 aromatic carbocycles. The summed E-state index contributed by atoms with van der Waals surface area (Å²) in [5.74, 6) is 0.249. The van der Waals surface area contributed by atoms with Crippen LogP contribution >= 0.6 is 0 Å². The monoisotopic (exact) mass is 830 g/mol. The maximum absolute atomic E-state index is 2.69. The molecule has 0 saturated heterocycles. The first-order valence-electron chi connectivity index (χ1n) is 23.0. The Hall–Kier alpha value is -8.02. The molecule has 0 spiro atoms. The molecule has 14 rings (SSSR count). The van der Waals surface area contributed by atoms with Gasteiger partial charge in [-0.05, 0) is 95.5 Å². The van der Waals surface area contributed by atoms with Gasteiger partial charge in [0.1, 0.15) is 0 Å². The summed E-state index contributed by atoms with van der Waals surface area (Å²) in [5, 5.41) is 5.07. The predicted octanol–water partition coefficient (Wildman–Crippen LogP) is 13.5. The Morgan fingerprint density at radius 2 is 1.02 bits per heavy atom. The second-order valence-corrected chi connectivity index (χ2v) is 18.0. The average Bonchev–Trinajstić information content (AvgIpc) is 3.90. The molecule has 4 heterocycles. The van der Waals surface area contributed by atoms with Crippen LogP contribution in [0.15, 0.2) is 236 Å². The molecular weight excluding hydrogens is 787 g/mol. The Bertz CT molecular complexity index is 3590. The van der Waals surface area contributed by atoms with E-state index in [1.165, 1.54) is 99.7 Å². The van der Waals surface area contributed by atoms with Crippen LogP contribution in [0, 0.1) is 0 Å². The van der Waals surface area contributed by atoms with Gasteiger partial charge in [-0.25, -0.2) is 0 Å². The van der Waals surface area contributed by atoms with Crippen molar-refractivity contribution in [3.8, 4) is 11.4 Å². The van der Waals surface area contributed by atoms with Crippen LogP contribution in [0.1, 0.15) is 24.3 Å². The fourth-order valence-corrected chi connectivity index (χ4v) is 11.8. The average molecular weight is 831 g/mol. The number of anilines is 4. The molecule has 0 saturated carbocycles. The van der Waals surface area contributed by atoms with Crippen molar-refractivity contribution in [2.45, 2.75) is 24.8 Å². The van der Waals surface area contributed by atoms with Crippen LogP contribution < -0.4 is 20.7 Å². The van der Waals surface area contributed by atoms with Gasteiger partial charge in [-0.1, -0.05) is 164 Å². The van der Waals surface area contributed by atoms with Gasteiger partial charge in [0.15, 0.2) is 0 Å². The maximum atomic E-state index is 2.69. The molecule has 2 unspecified atom stereocenters. The lowest BCUT2D eigenvalue weighted by molar-refractivity contribution is 0.780. The highest BCUT2D eigenvalue weighted by molar-refractivity contribution is 6.95. The Labute approximate surface area is 378 Å². The van der Waals surface area contributed by atoms with E-state index in [0.29, 0.717) is 0 Å².